The lowest BCUT2D eigenvalue weighted by Gasteiger charge is -2.25. The van der Waals surface area contributed by atoms with E-state index in [1.165, 1.54) is 0 Å². The number of nitrogens with zero attached hydrogens (tertiary/aromatic N) is 1. The number of nitrogens with two attached hydrogens (primary N) is 1. The first-order chi connectivity index (χ1) is 9.52. The molecule has 0 amide bonds. The van der Waals surface area contributed by atoms with Gasteiger partial charge in [-0.1, -0.05) is 25.5 Å². The van der Waals surface area contributed by atoms with Gasteiger partial charge in [0.15, 0.2) is 0 Å². The maximum absolute atomic E-state index is 11.8. The maximum Gasteiger partial charge on any atom is 0.320 e. The van der Waals surface area contributed by atoms with E-state index >= 15 is 0 Å². The van der Waals surface area contributed by atoms with E-state index < -0.39 is 0 Å². The summed E-state index contributed by atoms with van der Waals surface area (Å²) in [5.74, 6) is -0.156. The van der Waals surface area contributed by atoms with Crippen LogP contribution in [0.1, 0.15) is 39.2 Å². The van der Waals surface area contributed by atoms with Crippen molar-refractivity contribution in [3.63, 3.8) is 0 Å². The zero-order valence-corrected chi connectivity index (χ0v) is 12.8. The number of hydrogen-bond donors (Lipinski definition) is 1. The molecule has 20 heavy (non-hydrogen) atoms. The predicted molar refractivity (Wildman–Crippen MR) is 82.3 cm³/mol. The number of anilines is 1. The second-order valence-electron chi connectivity index (χ2n) is 5.32. The lowest BCUT2D eigenvalue weighted by Crippen LogP contribution is -2.36. The van der Waals surface area contributed by atoms with E-state index in [-0.39, 0.29) is 12.0 Å². The predicted octanol–water partition coefficient (Wildman–Crippen LogP) is 2.82. The average Bonchev–Trinajstić information content (AvgIpc) is 2.38. The van der Waals surface area contributed by atoms with E-state index in [0.717, 1.165) is 24.1 Å². The summed E-state index contributed by atoms with van der Waals surface area (Å²) in [4.78, 5) is 13.9. The maximum atomic E-state index is 11.8. The molecule has 0 bridgehead atoms. The molecule has 112 valence electrons. The molecule has 0 spiro atoms. The van der Waals surface area contributed by atoms with Crippen LogP contribution in [0.4, 0.5) is 5.69 Å². The Morgan fingerprint density at radius 3 is 2.75 bits per heavy atom. The van der Waals surface area contributed by atoms with Crippen molar-refractivity contribution in [3.8, 4) is 0 Å². The molecule has 0 aliphatic carbocycles. The van der Waals surface area contributed by atoms with Crippen LogP contribution in [0.25, 0.3) is 0 Å². The lowest BCUT2D eigenvalue weighted by molar-refractivity contribution is -0.145. The Labute approximate surface area is 121 Å². The molecule has 0 atom stereocenters. The number of unbranched alkanes of at least 4 members (excludes halogenated alkanes) is 1. The van der Waals surface area contributed by atoms with Crippen molar-refractivity contribution < 1.29 is 9.53 Å². The van der Waals surface area contributed by atoms with Crippen LogP contribution in [0.5, 0.6) is 0 Å². The standard InChI is InChI=1S/C16H26N2O2/c1-4-5-9-20-16(19)12-18(13(2)3)11-14-7-6-8-15(17)10-14/h6-8,10,13H,4-5,9,11-12,17H2,1-3H3. The zero-order chi connectivity index (χ0) is 15.0. The van der Waals surface area contributed by atoms with Gasteiger partial charge in [-0.3, -0.25) is 9.69 Å². The largest absolute Gasteiger partial charge is 0.465 e. The Morgan fingerprint density at radius 2 is 2.15 bits per heavy atom. The lowest BCUT2D eigenvalue weighted by atomic mass is 10.1. The molecule has 0 unspecified atom stereocenters. The minimum atomic E-state index is -0.156. The quantitative estimate of drug-likeness (QED) is 0.451. The van der Waals surface area contributed by atoms with Crippen molar-refractivity contribution in [1.82, 2.24) is 4.90 Å². The van der Waals surface area contributed by atoms with Crippen LogP contribution < -0.4 is 5.73 Å². The van der Waals surface area contributed by atoms with Gasteiger partial charge < -0.3 is 10.5 Å². The van der Waals surface area contributed by atoms with Crippen LogP contribution >= 0.6 is 0 Å². The van der Waals surface area contributed by atoms with Crippen LogP contribution in [-0.4, -0.2) is 30.1 Å². The highest BCUT2D eigenvalue weighted by Gasteiger charge is 2.15. The molecule has 0 aliphatic heterocycles. The smallest absolute Gasteiger partial charge is 0.320 e. The molecular formula is C16H26N2O2. The number of esters is 1. The third-order valence-electron chi connectivity index (χ3n) is 3.16. The molecule has 1 aromatic rings. The van der Waals surface area contributed by atoms with Gasteiger partial charge in [-0.15, -0.1) is 0 Å². The van der Waals surface area contributed by atoms with E-state index in [1.807, 2.05) is 24.3 Å². The van der Waals surface area contributed by atoms with E-state index in [4.69, 9.17) is 10.5 Å². The number of rotatable bonds is 8. The van der Waals surface area contributed by atoms with Gasteiger partial charge in [-0.05, 0) is 38.0 Å². The Hall–Kier alpha value is -1.55. The van der Waals surface area contributed by atoms with Crippen molar-refractivity contribution in [2.24, 2.45) is 0 Å². The Bertz CT molecular complexity index is 419. The van der Waals surface area contributed by atoms with Crippen LogP contribution in [0.2, 0.25) is 0 Å². The first kappa shape index (κ1) is 16.5. The molecule has 1 rings (SSSR count). The number of hydrogen-bond acceptors (Lipinski definition) is 4. The molecule has 0 aliphatic rings. The second kappa shape index (κ2) is 8.59. The Kier molecular flexibility index (Phi) is 7.09. The third kappa shape index (κ3) is 6.06. The van der Waals surface area contributed by atoms with Crippen molar-refractivity contribution in [2.45, 2.75) is 46.2 Å². The molecular weight excluding hydrogens is 252 g/mol. The minimum Gasteiger partial charge on any atom is -0.465 e. The van der Waals surface area contributed by atoms with E-state index in [1.54, 1.807) is 0 Å². The summed E-state index contributed by atoms with van der Waals surface area (Å²) in [5, 5.41) is 0. The zero-order valence-electron chi connectivity index (χ0n) is 12.8. The highest BCUT2D eigenvalue weighted by molar-refractivity contribution is 5.71. The number of benzene rings is 1. The molecule has 0 aromatic heterocycles. The fourth-order valence-electron chi connectivity index (χ4n) is 1.89. The highest BCUT2D eigenvalue weighted by atomic mass is 16.5. The fourth-order valence-corrected chi connectivity index (χ4v) is 1.89. The Balaban J connectivity index is 2.54. The summed E-state index contributed by atoms with van der Waals surface area (Å²) in [6.45, 7) is 7.76. The topological polar surface area (TPSA) is 55.6 Å². The summed E-state index contributed by atoms with van der Waals surface area (Å²) in [6.07, 6.45) is 1.95. The Morgan fingerprint density at radius 1 is 1.40 bits per heavy atom. The molecule has 0 fully saturated rings. The molecule has 0 heterocycles. The van der Waals surface area contributed by atoms with Gasteiger partial charge in [-0.25, -0.2) is 0 Å². The number of nitrogen functional groups attached to an aromatic ring is 1. The molecule has 4 nitrogen and oxygen atoms in total. The summed E-state index contributed by atoms with van der Waals surface area (Å²) < 4.78 is 5.22. The van der Waals surface area contributed by atoms with Crippen molar-refractivity contribution in [2.75, 3.05) is 18.9 Å². The summed E-state index contributed by atoms with van der Waals surface area (Å²) in [7, 11) is 0. The molecule has 0 saturated heterocycles. The average molecular weight is 278 g/mol. The highest BCUT2D eigenvalue weighted by Crippen LogP contribution is 2.11. The van der Waals surface area contributed by atoms with Crippen molar-refractivity contribution in [3.05, 3.63) is 29.8 Å². The van der Waals surface area contributed by atoms with Crippen LogP contribution in [-0.2, 0) is 16.1 Å². The molecule has 0 saturated carbocycles. The van der Waals surface area contributed by atoms with Crippen LogP contribution in [0.3, 0.4) is 0 Å². The van der Waals surface area contributed by atoms with Crippen molar-refractivity contribution in [1.29, 1.82) is 0 Å². The van der Waals surface area contributed by atoms with Crippen molar-refractivity contribution >= 4 is 11.7 Å². The molecule has 2 N–H and O–H groups in total. The number of carbonyl (C=O) groups excluding carboxylic acids is 1. The fraction of sp³-hybridized carbons (Fsp3) is 0.562. The third-order valence-corrected chi connectivity index (χ3v) is 3.16. The summed E-state index contributed by atoms with van der Waals surface area (Å²) in [5.41, 5.74) is 7.64. The van der Waals surface area contributed by atoms with Crippen LogP contribution in [0.15, 0.2) is 24.3 Å². The van der Waals surface area contributed by atoms with Gasteiger partial charge in [0.1, 0.15) is 0 Å². The summed E-state index contributed by atoms with van der Waals surface area (Å²) >= 11 is 0. The van der Waals surface area contributed by atoms with Crippen LogP contribution in [0, 0.1) is 0 Å². The molecule has 4 heteroatoms. The van der Waals surface area contributed by atoms with Gasteiger partial charge in [0.25, 0.3) is 0 Å². The van der Waals surface area contributed by atoms with Gasteiger partial charge in [-0.2, -0.15) is 0 Å². The minimum absolute atomic E-state index is 0.156. The van der Waals surface area contributed by atoms with Gasteiger partial charge in [0.2, 0.25) is 0 Å². The molecule has 0 radical (unpaired) electrons. The first-order valence-electron chi connectivity index (χ1n) is 7.27. The monoisotopic (exact) mass is 278 g/mol. The second-order valence-corrected chi connectivity index (χ2v) is 5.32. The number of carbonyl (C=O) groups is 1. The SMILES string of the molecule is CCCCOC(=O)CN(Cc1cccc(N)c1)C(C)C. The van der Waals surface area contributed by atoms with E-state index in [0.29, 0.717) is 19.7 Å². The number of ether oxygens (including phenoxy) is 1. The van der Waals surface area contributed by atoms with E-state index in [2.05, 4.69) is 25.7 Å². The van der Waals surface area contributed by atoms with Gasteiger partial charge in [0, 0.05) is 18.3 Å². The van der Waals surface area contributed by atoms with Gasteiger partial charge in [0.05, 0.1) is 13.2 Å². The molecule has 1 aromatic carbocycles. The normalized spacial score (nSPS) is 11.1. The first-order valence-corrected chi connectivity index (χ1v) is 7.27. The van der Waals surface area contributed by atoms with Gasteiger partial charge >= 0.3 is 5.97 Å². The van der Waals surface area contributed by atoms with E-state index in [9.17, 15) is 4.79 Å². The summed E-state index contributed by atoms with van der Waals surface area (Å²) in [6, 6.07) is 8.03.